The molecule has 0 aliphatic carbocycles. The smallest absolute Gasteiger partial charge is 0.308 e. The fourth-order valence-corrected chi connectivity index (χ4v) is 2.13. The van der Waals surface area contributed by atoms with Crippen LogP contribution in [0.1, 0.15) is 12.5 Å². The molecule has 5 heteroatoms. The standard InChI is InChI=1S/C14H17N3O2/c1-9-5-4-6-11-12(9)13(16-8-15-11)17(3)7-10(2)14(18)19/h4-6,8,10H,7H2,1-3H3,(H,18,19). The van der Waals surface area contributed by atoms with Crippen LogP contribution in [0.25, 0.3) is 10.9 Å². The van der Waals surface area contributed by atoms with Gasteiger partial charge in [0.15, 0.2) is 0 Å². The Morgan fingerprint density at radius 3 is 2.84 bits per heavy atom. The Morgan fingerprint density at radius 2 is 2.16 bits per heavy atom. The number of nitrogens with zero attached hydrogens (tertiary/aromatic N) is 3. The molecule has 1 aromatic heterocycles. The molecule has 0 amide bonds. The van der Waals surface area contributed by atoms with Crippen molar-refractivity contribution in [1.82, 2.24) is 9.97 Å². The number of carboxylic acid groups (broad SMARTS) is 1. The van der Waals surface area contributed by atoms with Gasteiger partial charge in [-0.25, -0.2) is 9.97 Å². The Hall–Kier alpha value is -2.17. The maximum absolute atomic E-state index is 10.9. The van der Waals surface area contributed by atoms with Gasteiger partial charge in [0, 0.05) is 19.0 Å². The minimum absolute atomic E-state index is 0.412. The number of hydrogen-bond acceptors (Lipinski definition) is 4. The normalized spacial score (nSPS) is 12.4. The second-order valence-corrected chi connectivity index (χ2v) is 4.79. The summed E-state index contributed by atoms with van der Waals surface area (Å²) in [5.74, 6) is -0.475. The highest BCUT2D eigenvalue weighted by molar-refractivity contribution is 5.92. The Morgan fingerprint density at radius 1 is 1.42 bits per heavy atom. The van der Waals surface area contributed by atoms with E-state index in [1.165, 1.54) is 6.33 Å². The van der Waals surface area contributed by atoms with Gasteiger partial charge in [-0.1, -0.05) is 19.1 Å². The highest BCUT2D eigenvalue weighted by Crippen LogP contribution is 2.25. The first-order chi connectivity index (χ1) is 9.00. The molecule has 0 spiro atoms. The molecular formula is C14H17N3O2. The van der Waals surface area contributed by atoms with Crippen molar-refractivity contribution in [2.24, 2.45) is 5.92 Å². The number of hydrogen-bond donors (Lipinski definition) is 1. The average Bonchev–Trinajstić information content (AvgIpc) is 2.38. The molecular weight excluding hydrogens is 242 g/mol. The average molecular weight is 259 g/mol. The number of aryl methyl sites for hydroxylation is 1. The molecule has 1 N–H and O–H groups in total. The van der Waals surface area contributed by atoms with Gasteiger partial charge in [-0.3, -0.25) is 4.79 Å². The van der Waals surface area contributed by atoms with Crippen LogP contribution in [0.5, 0.6) is 0 Å². The van der Waals surface area contributed by atoms with Gasteiger partial charge >= 0.3 is 5.97 Å². The van der Waals surface area contributed by atoms with Gasteiger partial charge in [0.25, 0.3) is 0 Å². The minimum Gasteiger partial charge on any atom is -0.481 e. The van der Waals surface area contributed by atoms with Crippen molar-refractivity contribution >= 4 is 22.7 Å². The quantitative estimate of drug-likeness (QED) is 0.910. The second kappa shape index (κ2) is 5.22. The second-order valence-electron chi connectivity index (χ2n) is 4.79. The summed E-state index contributed by atoms with van der Waals surface area (Å²) in [5.41, 5.74) is 1.96. The van der Waals surface area contributed by atoms with Crippen LogP contribution in [0.4, 0.5) is 5.82 Å². The maximum Gasteiger partial charge on any atom is 0.308 e. The van der Waals surface area contributed by atoms with E-state index in [2.05, 4.69) is 9.97 Å². The van der Waals surface area contributed by atoms with E-state index in [1.807, 2.05) is 37.1 Å². The van der Waals surface area contributed by atoms with Gasteiger partial charge in [0.05, 0.1) is 11.4 Å². The molecule has 2 rings (SSSR count). The first kappa shape index (κ1) is 13.3. The zero-order valence-electron chi connectivity index (χ0n) is 11.3. The molecule has 0 fully saturated rings. The third-order valence-corrected chi connectivity index (χ3v) is 3.18. The Kier molecular flexibility index (Phi) is 3.64. The predicted molar refractivity (Wildman–Crippen MR) is 74.3 cm³/mol. The molecule has 100 valence electrons. The van der Waals surface area contributed by atoms with Crippen LogP contribution < -0.4 is 4.90 Å². The summed E-state index contributed by atoms with van der Waals surface area (Å²) in [6, 6.07) is 5.89. The van der Waals surface area contributed by atoms with E-state index in [0.29, 0.717) is 6.54 Å². The molecule has 0 saturated carbocycles. The molecule has 0 bridgehead atoms. The summed E-state index contributed by atoms with van der Waals surface area (Å²) >= 11 is 0. The first-order valence-electron chi connectivity index (χ1n) is 6.15. The number of aromatic nitrogens is 2. The third-order valence-electron chi connectivity index (χ3n) is 3.18. The molecule has 0 saturated heterocycles. The number of benzene rings is 1. The highest BCUT2D eigenvalue weighted by atomic mass is 16.4. The number of fused-ring (bicyclic) bond motifs is 1. The third kappa shape index (κ3) is 2.65. The minimum atomic E-state index is -0.804. The molecule has 2 aromatic rings. The maximum atomic E-state index is 10.9. The first-order valence-corrected chi connectivity index (χ1v) is 6.15. The predicted octanol–water partition coefficient (Wildman–Crippen LogP) is 2.10. The molecule has 1 atom stereocenters. The van der Waals surface area contributed by atoms with E-state index in [9.17, 15) is 4.79 Å². The Bertz CT molecular complexity index is 607. The summed E-state index contributed by atoms with van der Waals surface area (Å²) in [6.45, 7) is 4.11. The molecule has 1 aromatic carbocycles. The zero-order chi connectivity index (χ0) is 14.0. The van der Waals surface area contributed by atoms with E-state index in [4.69, 9.17) is 5.11 Å². The summed E-state index contributed by atoms with van der Waals surface area (Å²) in [6.07, 6.45) is 1.51. The summed E-state index contributed by atoms with van der Waals surface area (Å²) in [4.78, 5) is 21.4. The van der Waals surface area contributed by atoms with Crippen LogP contribution >= 0.6 is 0 Å². The number of aliphatic carboxylic acids is 1. The molecule has 0 radical (unpaired) electrons. The van der Waals surface area contributed by atoms with E-state index in [-0.39, 0.29) is 0 Å². The SMILES string of the molecule is Cc1cccc2ncnc(N(C)CC(C)C(=O)O)c12. The van der Waals surface area contributed by atoms with E-state index < -0.39 is 11.9 Å². The number of anilines is 1. The number of rotatable bonds is 4. The molecule has 0 aliphatic heterocycles. The van der Waals surface area contributed by atoms with Crippen LogP contribution in [0.3, 0.4) is 0 Å². The van der Waals surface area contributed by atoms with Crippen molar-refractivity contribution in [3.8, 4) is 0 Å². The van der Waals surface area contributed by atoms with Crippen molar-refractivity contribution in [2.75, 3.05) is 18.5 Å². The Balaban J connectivity index is 2.42. The van der Waals surface area contributed by atoms with Gasteiger partial charge in [-0.15, -0.1) is 0 Å². The Labute approximate surface area is 111 Å². The molecule has 1 unspecified atom stereocenters. The molecule has 1 heterocycles. The van der Waals surface area contributed by atoms with Crippen molar-refractivity contribution in [3.05, 3.63) is 30.1 Å². The van der Waals surface area contributed by atoms with Crippen LogP contribution in [-0.2, 0) is 4.79 Å². The lowest BCUT2D eigenvalue weighted by molar-refractivity contribution is -0.140. The zero-order valence-corrected chi connectivity index (χ0v) is 11.3. The largest absolute Gasteiger partial charge is 0.481 e. The fourth-order valence-electron chi connectivity index (χ4n) is 2.13. The van der Waals surface area contributed by atoms with Gasteiger partial charge in [-0.05, 0) is 18.6 Å². The van der Waals surface area contributed by atoms with E-state index in [1.54, 1.807) is 6.92 Å². The molecule has 19 heavy (non-hydrogen) atoms. The van der Waals surface area contributed by atoms with E-state index >= 15 is 0 Å². The van der Waals surface area contributed by atoms with Crippen molar-refractivity contribution in [2.45, 2.75) is 13.8 Å². The van der Waals surface area contributed by atoms with Crippen molar-refractivity contribution in [1.29, 1.82) is 0 Å². The van der Waals surface area contributed by atoms with Gasteiger partial charge in [-0.2, -0.15) is 0 Å². The highest BCUT2D eigenvalue weighted by Gasteiger charge is 2.17. The van der Waals surface area contributed by atoms with Crippen LogP contribution in [-0.4, -0.2) is 34.6 Å². The van der Waals surface area contributed by atoms with Gasteiger partial charge < -0.3 is 10.0 Å². The van der Waals surface area contributed by atoms with Crippen molar-refractivity contribution < 1.29 is 9.90 Å². The lowest BCUT2D eigenvalue weighted by atomic mass is 10.1. The molecule has 5 nitrogen and oxygen atoms in total. The van der Waals surface area contributed by atoms with Gasteiger partial charge in [0.2, 0.25) is 0 Å². The van der Waals surface area contributed by atoms with Gasteiger partial charge in [0.1, 0.15) is 12.1 Å². The lowest BCUT2D eigenvalue weighted by Crippen LogP contribution is -2.29. The van der Waals surface area contributed by atoms with Crippen LogP contribution in [0.2, 0.25) is 0 Å². The van der Waals surface area contributed by atoms with E-state index in [0.717, 1.165) is 22.3 Å². The lowest BCUT2D eigenvalue weighted by Gasteiger charge is -2.22. The summed E-state index contributed by atoms with van der Waals surface area (Å²) in [7, 11) is 1.85. The topological polar surface area (TPSA) is 66.3 Å². The monoisotopic (exact) mass is 259 g/mol. The van der Waals surface area contributed by atoms with Crippen molar-refractivity contribution in [3.63, 3.8) is 0 Å². The van der Waals surface area contributed by atoms with Crippen LogP contribution in [0.15, 0.2) is 24.5 Å². The number of carboxylic acids is 1. The number of carbonyl (C=O) groups is 1. The molecule has 0 aliphatic rings. The van der Waals surface area contributed by atoms with Crippen LogP contribution in [0, 0.1) is 12.8 Å². The summed E-state index contributed by atoms with van der Waals surface area (Å²) < 4.78 is 0. The fraction of sp³-hybridized carbons (Fsp3) is 0.357. The summed E-state index contributed by atoms with van der Waals surface area (Å²) in [5, 5.41) is 9.96.